The molecular weight excluding hydrogens is 370 g/mol. The fourth-order valence-electron chi connectivity index (χ4n) is 2.95. The van der Waals surface area contributed by atoms with Gasteiger partial charge < -0.3 is 10.1 Å². The van der Waals surface area contributed by atoms with Gasteiger partial charge >= 0.3 is 6.09 Å². The van der Waals surface area contributed by atoms with Crippen molar-refractivity contribution in [1.29, 1.82) is 0 Å². The van der Waals surface area contributed by atoms with Crippen LogP contribution in [-0.2, 0) is 14.3 Å². The number of likely N-dealkylation sites (N-methyl/N-ethyl adjacent to an activating group) is 1. The van der Waals surface area contributed by atoms with E-state index in [-0.39, 0.29) is 37.6 Å². The summed E-state index contributed by atoms with van der Waals surface area (Å²) in [6, 6.07) is 8.20. The molecule has 0 aliphatic heterocycles. The van der Waals surface area contributed by atoms with Gasteiger partial charge in [0, 0.05) is 0 Å². The Balaban J connectivity index is 2.69. The Kier molecular flexibility index (Phi) is 10.4. The van der Waals surface area contributed by atoms with Crippen LogP contribution in [0.2, 0.25) is 0 Å². The van der Waals surface area contributed by atoms with Gasteiger partial charge in [0.2, 0.25) is 11.8 Å². The zero-order chi connectivity index (χ0) is 22.0. The quantitative estimate of drug-likeness (QED) is 0.624. The highest BCUT2D eigenvalue weighted by atomic mass is 16.5. The van der Waals surface area contributed by atoms with Gasteiger partial charge in [-0.3, -0.25) is 19.8 Å². The Morgan fingerprint density at radius 3 is 1.97 bits per heavy atom. The molecule has 2 N–H and O–H groups in total. The Labute approximate surface area is 174 Å². The zero-order valence-corrected chi connectivity index (χ0v) is 18.5. The summed E-state index contributed by atoms with van der Waals surface area (Å²) in [6.07, 6.45) is -0.775. The SMILES string of the molecule is CCOC(=O)NC(=O)CN(CC)CC(=O)N[C@H](c1ccc(C(C)C)cc1)C(C)C. The molecule has 0 radical (unpaired) electrons. The van der Waals surface area contributed by atoms with Gasteiger partial charge in [-0.2, -0.15) is 0 Å². The van der Waals surface area contributed by atoms with Crippen molar-refractivity contribution >= 4 is 17.9 Å². The number of carbonyl (C=O) groups is 3. The average molecular weight is 406 g/mol. The smallest absolute Gasteiger partial charge is 0.413 e. The van der Waals surface area contributed by atoms with E-state index in [1.54, 1.807) is 11.8 Å². The van der Waals surface area contributed by atoms with Crippen LogP contribution in [0, 0.1) is 5.92 Å². The number of rotatable bonds is 10. The summed E-state index contributed by atoms with van der Waals surface area (Å²) in [4.78, 5) is 37.5. The summed E-state index contributed by atoms with van der Waals surface area (Å²) in [5.74, 6) is 0.00579. The lowest BCUT2D eigenvalue weighted by Crippen LogP contribution is -2.45. The van der Waals surface area contributed by atoms with Gasteiger partial charge in [-0.1, -0.05) is 58.9 Å². The lowest BCUT2D eigenvalue weighted by molar-refractivity contribution is -0.125. The topological polar surface area (TPSA) is 87.7 Å². The van der Waals surface area contributed by atoms with E-state index in [9.17, 15) is 14.4 Å². The largest absolute Gasteiger partial charge is 0.450 e. The highest BCUT2D eigenvalue weighted by Gasteiger charge is 2.21. The van der Waals surface area contributed by atoms with Crippen LogP contribution in [0.1, 0.15) is 64.6 Å². The van der Waals surface area contributed by atoms with Gasteiger partial charge in [-0.05, 0) is 36.4 Å². The van der Waals surface area contributed by atoms with Crippen molar-refractivity contribution in [1.82, 2.24) is 15.5 Å². The number of hydrogen-bond acceptors (Lipinski definition) is 5. The van der Waals surface area contributed by atoms with E-state index >= 15 is 0 Å². The maximum atomic E-state index is 12.6. The van der Waals surface area contributed by atoms with Crippen LogP contribution in [0.4, 0.5) is 4.79 Å². The maximum absolute atomic E-state index is 12.6. The van der Waals surface area contributed by atoms with Crippen LogP contribution in [-0.4, -0.2) is 49.0 Å². The molecule has 3 amide bonds. The fourth-order valence-corrected chi connectivity index (χ4v) is 2.95. The molecule has 0 heterocycles. The van der Waals surface area contributed by atoms with Crippen molar-refractivity contribution in [3.63, 3.8) is 0 Å². The van der Waals surface area contributed by atoms with E-state index < -0.39 is 12.0 Å². The summed E-state index contributed by atoms with van der Waals surface area (Å²) in [5.41, 5.74) is 2.31. The molecule has 0 spiro atoms. The highest BCUT2D eigenvalue weighted by molar-refractivity contribution is 5.93. The first-order valence-electron chi connectivity index (χ1n) is 10.3. The van der Waals surface area contributed by atoms with Gasteiger partial charge in [0.25, 0.3) is 0 Å². The zero-order valence-electron chi connectivity index (χ0n) is 18.5. The Bertz CT molecular complexity index is 671. The number of hydrogen-bond donors (Lipinski definition) is 2. The van der Waals surface area contributed by atoms with E-state index in [0.29, 0.717) is 12.5 Å². The molecule has 7 heteroatoms. The predicted octanol–water partition coefficient (Wildman–Crippen LogP) is 3.22. The number of nitrogens with one attached hydrogen (secondary N) is 2. The molecule has 0 aliphatic carbocycles. The van der Waals surface area contributed by atoms with Crippen LogP contribution in [0.3, 0.4) is 0 Å². The molecule has 162 valence electrons. The number of alkyl carbamates (subject to hydrolysis) is 1. The Morgan fingerprint density at radius 2 is 1.48 bits per heavy atom. The molecule has 1 atom stereocenters. The summed E-state index contributed by atoms with van der Waals surface area (Å²) >= 11 is 0. The van der Waals surface area contributed by atoms with Gasteiger partial charge in [0.15, 0.2) is 0 Å². The average Bonchev–Trinajstić information content (AvgIpc) is 2.65. The molecule has 0 saturated carbocycles. The van der Waals surface area contributed by atoms with Crippen molar-refractivity contribution in [2.45, 2.75) is 53.5 Å². The van der Waals surface area contributed by atoms with E-state index in [1.807, 2.05) is 6.92 Å². The first-order valence-corrected chi connectivity index (χ1v) is 10.3. The van der Waals surface area contributed by atoms with Gasteiger partial charge in [0.1, 0.15) is 0 Å². The molecule has 0 bridgehead atoms. The van der Waals surface area contributed by atoms with E-state index in [4.69, 9.17) is 4.74 Å². The second kappa shape index (κ2) is 12.2. The fraction of sp³-hybridized carbons (Fsp3) is 0.591. The normalized spacial score (nSPS) is 12.2. The molecule has 0 fully saturated rings. The first kappa shape index (κ1) is 24.6. The van der Waals surface area contributed by atoms with Crippen molar-refractivity contribution in [3.8, 4) is 0 Å². The van der Waals surface area contributed by atoms with Crippen LogP contribution in [0.25, 0.3) is 0 Å². The molecular formula is C22H35N3O4. The number of imide groups is 1. The van der Waals surface area contributed by atoms with E-state index in [1.165, 1.54) is 5.56 Å². The number of ether oxygens (including phenoxy) is 1. The lowest BCUT2D eigenvalue weighted by Gasteiger charge is -2.25. The van der Waals surface area contributed by atoms with Crippen LogP contribution in [0.5, 0.6) is 0 Å². The van der Waals surface area contributed by atoms with Crippen molar-refractivity contribution in [2.75, 3.05) is 26.2 Å². The standard InChI is InChI=1S/C22H35N3O4/c1-7-25(14-20(27)24-22(28)29-8-2)13-19(26)23-21(16(5)6)18-11-9-17(10-12-18)15(3)4/h9-12,15-16,21H,7-8,13-14H2,1-6H3,(H,23,26)(H,24,27,28)/t21-/m0/s1. The summed E-state index contributed by atoms with van der Waals surface area (Å²) in [5, 5.41) is 5.22. The monoisotopic (exact) mass is 405 g/mol. The second-order valence-electron chi connectivity index (χ2n) is 7.68. The molecule has 1 aromatic carbocycles. The number of benzene rings is 1. The van der Waals surface area contributed by atoms with E-state index in [2.05, 4.69) is 62.6 Å². The number of amides is 3. The molecule has 0 saturated heterocycles. The van der Waals surface area contributed by atoms with Crippen LogP contribution >= 0.6 is 0 Å². The molecule has 0 aromatic heterocycles. The summed E-state index contributed by atoms with van der Waals surface area (Å²) in [7, 11) is 0. The first-order chi connectivity index (χ1) is 13.7. The minimum atomic E-state index is -0.775. The summed E-state index contributed by atoms with van der Waals surface area (Å²) < 4.78 is 4.69. The molecule has 0 unspecified atom stereocenters. The van der Waals surface area contributed by atoms with E-state index in [0.717, 1.165) is 5.56 Å². The molecule has 1 aromatic rings. The lowest BCUT2D eigenvalue weighted by atomic mass is 9.93. The summed E-state index contributed by atoms with van der Waals surface area (Å²) in [6.45, 7) is 12.6. The van der Waals surface area contributed by atoms with Crippen molar-refractivity contribution < 1.29 is 19.1 Å². The van der Waals surface area contributed by atoms with Gasteiger partial charge in [-0.25, -0.2) is 4.79 Å². The molecule has 29 heavy (non-hydrogen) atoms. The van der Waals surface area contributed by atoms with Gasteiger partial charge in [-0.15, -0.1) is 0 Å². The third-order valence-corrected chi connectivity index (χ3v) is 4.64. The van der Waals surface area contributed by atoms with Crippen molar-refractivity contribution in [2.24, 2.45) is 5.92 Å². The third-order valence-electron chi connectivity index (χ3n) is 4.64. The van der Waals surface area contributed by atoms with Crippen LogP contribution in [0.15, 0.2) is 24.3 Å². The maximum Gasteiger partial charge on any atom is 0.413 e. The number of nitrogens with zero attached hydrogens (tertiary/aromatic N) is 1. The molecule has 1 rings (SSSR count). The van der Waals surface area contributed by atoms with Crippen molar-refractivity contribution in [3.05, 3.63) is 35.4 Å². The Morgan fingerprint density at radius 1 is 0.931 bits per heavy atom. The Hall–Kier alpha value is -2.41. The second-order valence-corrected chi connectivity index (χ2v) is 7.68. The molecule has 7 nitrogen and oxygen atoms in total. The predicted molar refractivity (Wildman–Crippen MR) is 114 cm³/mol. The minimum Gasteiger partial charge on any atom is -0.450 e. The highest BCUT2D eigenvalue weighted by Crippen LogP contribution is 2.24. The van der Waals surface area contributed by atoms with Gasteiger partial charge in [0.05, 0.1) is 25.7 Å². The minimum absolute atomic E-state index is 0.0574. The molecule has 0 aliphatic rings. The third kappa shape index (κ3) is 8.64. The number of carbonyl (C=O) groups excluding carboxylic acids is 3. The van der Waals surface area contributed by atoms with Crippen LogP contribution < -0.4 is 10.6 Å².